The molecular formula is C13H15BrF2N2O3. The van der Waals surface area contributed by atoms with Gasteiger partial charge in [-0.1, -0.05) is 13.8 Å². The standard InChI is InChI=1S/C13H15BrF2N2O3/c1-6(2)3-10(12(19)20)17-13(21)18-11-8(14)4-7(15)5-9(11)16/h4-6,10H,3H2,1-2H3,(H,19,20)(H2,17,18,21)/t10-/m1/s1. The number of urea groups is 1. The maximum Gasteiger partial charge on any atom is 0.326 e. The zero-order chi connectivity index (χ0) is 16.2. The highest BCUT2D eigenvalue weighted by molar-refractivity contribution is 9.10. The van der Waals surface area contributed by atoms with Gasteiger partial charge in [-0.05, 0) is 34.3 Å². The topological polar surface area (TPSA) is 78.4 Å². The molecule has 0 fully saturated rings. The molecule has 2 amide bonds. The maximum absolute atomic E-state index is 13.5. The lowest BCUT2D eigenvalue weighted by Gasteiger charge is -2.17. The normalized spacial score (nSPS) is 12.1. The number of nitrogens with one attached hydrogen (secondary N) is 2. The van der Waals surface area contributed by atoms with Crippen molar-refractivity contribution in [2.75, 3.05) is 5.32 Å². The number of carboxylic acid groups (broad SMARTS) is 1. The zero-order valence-electron chi connectivity index (χ0n) is 11.4. The van der Waals surface area contributed by atoms with Crippen LogP contribution in [0.5, 0.6) is 0 Å². The Hall–Kier alpha value is -1.70. The summed E-state index contributed by atoms with van der Waals surface area (Å²) in [5.74, 6) is -2.89. The fourth-order valence-corrected chi connectivity index (χ4v) is 2.17. The van der Waals surface area contributed by atoms with Gasteiger partial charge in [-0.15, -0.1) is 0 Å². The van der Waals surface area contributed by atoms with Crippen LogP contribution >= 0.6 is 15.9 Å². The average molecular weight is 365 g/mol. The molecular weight excluding hydrogens is 350 g/mol. The fourth-order valence-electron chi connectivity index (χ4n) is 1.66. The van der Waals surface area contributed by atoms with E-state index in [9.17, 15) is 18.4 Å². The van der Waals surface area contributed by atoms with Gasteiger partial charge in [-0.2, -0.15) is 0 Å². The van der Waals surface area contributed by atoms with Crippen LogP contribution in [-0.4, -0.2) is 23.1 Å². The van der Waals surface area contributed by atoms with Gasteiger partial charge in [-0.25, -0.2) is 18.4 Å². The number of anilines is 1. The number of carbonyl (C=O) groups excluding carboxylic acids is 1. The van der Waals surface area contributed by atoms with Gasteiger partial charge in [0.2, 0.25) is 0 Å². The Morgan fingerprint density at radius 1 is 1.33 bits per heavy atom. The monoisotopic (exact) mass is 364 g/mol. The van der Waals surface area contributed by atoms with Crippen LogP contribution in [0.4, 0.5) is 19.3 Å². The molecule has 0 bridgehead atoms. The molecule has 0 aliphatic rings. The van der Waals surface area contributed by atoms with Crippen LogP contribution in [0.2, 0.25) is 0 Å². The van der Waals surface area contributed by atoms with Crippen molar-refractivity contribution in [3.8, 4) is 0 Å². The third-order valence-electron chi connectivity index (χ3n) is 2.56. The van der Waals surface area contributed by atoms with E-state index in [0.29, 0.717) is 6.07 Å². The van der Waals surface area contributed by atoms with Crippen molar-refractivity contribution in [1.82, 2.24) is 5.32 Å². The fraction of sp³-hybridized carbons (Fsp3) is 0.385. The van der Waals surface area contributed by atoms with E-state index >= 15 is 0 Å². The number of aliphatic carboxylic acids is 1. The van der Waals surface area contributed by atoms with Crippen molar-refractivity contribution in [1.29, 1.82) is 0 Å². The lowest BCUT2D eigenvalue weighted by atomic mass is 10.0. The molecule has 0 spiro atoms. The first-order valence-electron chi connectivity index (χ1n) is 6.15. The van der Waals surface area contributed by atoms with Gasteiger partial charge in [0.05, 0.1) is 5.69 Å². The van der Waals surface area contributed by atoms with Crippen LogP contribution < -0.4 is 10.6 Å². The molecule has 1 atom stereocenters. The molecule has 116 valence electrons. The summed E-state index contributed by atoms with van der Waals surface area (Å²) >= 11 is 2.92. The first-order valence-corrected chi connectivity index (χ1v) is 6.95. The highest BCUT2D eigenvalue weighted by Crippen LogP contribution is 2.26. The summed E-state index contributed by atoms with van der Waals surface area (Å²) in [6, 6.07) is -0.369. The summed E-state index contributed by atoms with van der Waals surface area (Å²) in [4.78, 5) is 22.8. The van der Waals surface area contributed by atoms with E-state index in [1.165, 1.54) is 0 Å². The first kappa shape index (κ1) is 17.4. The minimum absolute atomic E-state index is 0.0193. The number of carboxylic acids is 1. The Labute approximate surface area is 128 Å². The quantitative estimate of drug-likeness (QED) is 0.749. The number of hydrogen-bond acceptors (Lipinski definition) is 2. The van der Waals surface area contributed by atoms with Crippen LogP contribution in [0.3, 0.4) is 0 Å². The number of halogens is 3. The molecule has 1 aromatic rings. The second-order valence-electron chi connectivity index (χ2n) is 4.86. The third kappa shape index (κ3) is 5.30. The van der Waals surface area contributed by atoms with E-state index in [1.807, 2.05) is 13.8 Å². The van der Waals surface area contributed by atoms with Gasteiger partial charge < -0.3 is 15.7 Å². The van der Waals surface area contributed by atoms with Crippen molar-refractivity contribution in [3.05, 3.63) is 28.2 Å². The summed E-state index contributed by atoms with van der Waals surface area (Å²) in [5, 5.41) is 13.4. The van der Waals surface area contributed by atoms with E-state index < -0.39 is 29.7 Å². The number of rotatable bonds is 5. The minimum atomic E-state index is -1.18. The Morgan fingerprint density at radius 2 is 1.95 bits per heavy atom. The van der Waals surface area contributed by atoms with Crippen molar-refractivity contribution in [3.63, 3.8) is 0 Å². The molecule has 0 aromatic heterocycles. The molecule has 1 aromatic carbocycles. The molecule has 0 unspecified atom stereocenters. The number of carbonyl (C=O) groups is 2. The van der Waals surface area contributed by atoms with Crippen molar-refractivity contribution in [2.24, 2.45) is 5.92 Å². The average Bonchev–Trinajstić information content (AvgIpc) is 2.32. The summed E-state index contributed by atoms with van der Waals surface area (Å²) in [7, 11) is 0. The zero-order valence-corrected chi connectivity index (χ0v) is 13.0. The summed E-state index contributed by atoms with van der Waals surface area (Å²) in [6.45, 7) is 3.62. The van der Waals surface area contributed by atoms with E-state index in [0.717, 1.165) is 6.07 Å². The summed E-state index contributed by atoms with van der Waals surface area (Å²) in [6.07, 6.45) is 0.232. The Bertz CT molecular complexity index is 529. The van der Waals surface area contributed by atoms with E-state index in [2.05, 4.69) is 26.6 Å². The lowest BCUT2D eigenvalue weighted by Crippen LogP contribution is -2.43. The Balaban J connectivity index is 2.79. The molecule has 0 aliphatic heterocycles. The van der Waals surface area contributed by atoms with E-state index in [1.54, 1.807) is 0 Å². The molecule has 1 rings (SSSR count). The highest BCUT2D eigenvalue weighted by atomic mass is 79.9. The van der Waals surface area contributed by atoms with Crippen molar-refractivity contribution >= 4 is 33.6 Å². The largest absolute Gasteiger partial charge is 0.480 e. The number of benzene rings is 1. The van der Waals surface area contributed by atoms with Crippen LogP contribution in [0, 0.1) is 17.6 Å². The number of amides is 2. The third-order valence-corrected chi connectivity index (χ3v) is 3.18. The molecule has 0 radical (unpaired) electrons. The predicted octanol–water partition coefficient (Wildman–Crippen LogP) is 3.35. The van der Waals surface area contributed by atoms with Gasteiger partial charge in [0, 0.05) is 10.5 Å². The molecule has 0 saturated heterocycles. The van der Waals surface area contributed by atoms with Gasteiger partial charge >= 0.3 is 12.0 Å². The van der Waals surface area contributed by atoms with Crippen LogP contribution in [0.1, 0.15) is 20.3 Å². The van der Waals surface area contributed by atoms with Gasteiger partial charge in [-0.3, -0.25) is 0 Å². The van der Waals surface area contributed by atoms with Crippen LogP contribution in [0.25, 0.3) is 0 Å². The molecule has 21 heavy (non-hydrogen) atoms. The second kappa shape index (κ2) is 7.35. The molecule has 5 nitrogen and oxygen atoms in total. The van der Waals surface area contributed by atoms with Gasteiger partial charge in [0.25, 0.3) is 0 Å². The predicted molar refractivity (Wildman–Crippen MR) is 77.1 cm³/mol. The first-order chi connectivity index (χ1) is 9.70. The smallest absolute Gasteiger partial charge is 0.326 e. The summed E-state index contributed by atoms with van der Waals surface area (Å²) < 4.78 is 26.5. The number of hydrogen-bond donors (Lipinski definition) is 3. The van der Waals surface area contributed by atoms with E-state index in [-0.39, 0.29) is 22.5 Å². The second-order valence-corrected chi connectivity index (χ2v) is 5.72. The Morgan fingerprint density at radius 3 is 2.43 bits per heavy atom. The SMILES string of the molecule is CC(C)C[C@@H](NC(=O)Nc1c(F)cc(F)cc1Br)C(=O)O. The van der Waals surface area contributed by atoms with Crippen molar-refractivity contribution < 1.29 is 23.5 Å². The molecule has 0 heterocycles. The molecule has 3 N–H and O–H groups in total. The lowest BCUT2D eigenvalue weighted by molar-refractivity contribution is -0.139. The van der Waals surface area contributed by atoms with Crippen molar-refractivity contribution in [2.45, 2.75) is 26.3 Å². The maximum atomic E-state index is 13.5. The highest BCUT2D eigenvalue weighted by Gasteiger charge is 2.22. The molecule has 0 aliphatic carbocycles. The van der Waals surface area contributed by atoms with Crippen LogP contribution in [0.15, 0.2) is 16.6 Å². The van der Waals surface area contributed by atoms with Crippen LogP contribution in [-0.2, 0) is 4.79 Å². The van der Waals surface area contributed by atoms with Gasteiger partial charge in [0.15, 0.2) is 5.82 Å². The Kier molecular flexibility index (Phi) is 6.07. The molecule has 8 heteroatoms. The molecule has 0 saturated carbocycles. The van der Waals surface area contributed by atoms with E-state index in [4.69, 9.17) is 5.11 Å². The minimum Gasteiger partial charge on any atom is -0.480 e. The van der Waals surface area contributed by atoms with Gasteiger partial charge in [0.1, 0.15) is 11.9 Å². The summed E-state index contributed by atoms with van der Waals surface area (Å²) in [5.41, 5.74) is -0.261.